The van der Waals surface area contributed by atoms with E-state index in [0.29, 0.717) is 11.4 Å². The number of methoxy groups -OCH3 is 1. The third-order valence-corrected chi connectivity index (χ3v) is 4.08. The van der Waals surface area contributed by atoms with Crippen LogP contribution in [0.5, 0.6) is 5.75 Å². The van der Waals surface area contributed by atoms with Crippen LogP contribution in [-0.4, -0.2) is 28.2 Å². The Labute approximate surface area is 137 Å². The number of pyridine rings is 1. The summed E-state index contributed by atoms with van der Waals surface area (Å²) in [5, 5.41) is 11.2. The van der Waals surface area contributed by atoms with Gasteiger partial charge in [-0.15, -0.1) is 0 Å². The molecule has 2 heterocycles. The number of carbonyl (C=O) groups is 1. The fourth-order valence-corrected chi connectivity index (χ4v) is 2.99. The van der Waals surface area contributed by atoms with E-state index in [1.165, 1.54) is 0 Å². The molecule has 0 atom stereocenters. The van der Waals surface area contributed by atoms with Gasteiger partial charge in [0.05, 0.1) is 18.3 Å². The maximum absolute atomic E-state index is 11.5. The molecule has 0 unspecified atom stereocenters. The summed E-state index contributed by atoms with van der Waals surface area (Å²) in [5.41, 5.74) is 3.06. The highest BCUT2D eigenvalue weighted by Gasteiger charge is 2.18. The summed E-state index contributed by atoms with van der Waals surface area (Å²) in [4.78, 5) is 19.3. The second kappa shape index (κ2) is 5.38. The lowest BCUT2D eigenvalue weighted by Gasteiger charge is -2.09. The minimum Gasteiger partial charge on any atom is -0.496 e. The summed E-state index contributed by atoms with van der Waals surface area (Å²) < 4.78 is 5.42. The van der Waals surface area contributed by atoms with E-state index in [9.17, 15) is 9.90 Å². The maximum Gasteiger partial charge on any atom is 0.354 e. The van der Waals surface area contributed by atoms with Crippen molar-refractivity contribution in [3.05, 3.63) is 60.3 Å². The Morgan fingerprint density at radius 2 is 1.83 bits per heavy atom. The lowest BCUT2D eigenvalue weighted by Crippen LogP contribution is -2.02. The van der Waals surface area contributed by atoms with E-state index >= 15 is 0 Å². The number of para-hydroxylation sites is 2. The fraction of sp³-hybridized carbons (Fsp3) is 0.0526. The molecule has 0 radical (unpaired) electrons. The topological polar surface area (TPSA) is 75.2 Å². The van der Waals surface area contributed by atoms with Gasteiger partial charge < -0.3 is 14.8 Å². The van der Waals surface area contributed by atoms with Crippen molar-refractivity contribution in [3.8, 4) is 17.0 Å². The summed E-state index contributed by atoms with van der Waals surface area (Å²) in [6.45, 7) is 0. The lowest BCUT2D eigenvalue weighted by molar-refractivity contribution is 0.0691. The first kappa shape index (κ1) is 14.3. The van der Waals surface area contributed by atoms with Gasteiger partial charge in [0.25, 0.3) is 0 Å². The van der Waals surface area contributed by atoms with Gasteiger partial charge in [0.1, 0.15) is 11.4 Å². The summed E-state index contributed by atoms with van der Waals surface area (Å²) >= 11 is 0. The molecule has 0 aliphatic rings. The average Bonchev–Trinajstić information content (AvgIpc) is 2.99. The SMILES string of the molecule is COc1ccccc1-c1nc(C(=O)O)cc2c1[nH]c1ccccc12. The van der Waals surface area contributed by atoms with Gasteiger partial charge in [-0.25, -0.2) is 9.78 Å². The van der Waals surface area contributed by atoms with E-state index in [1.54, 1.807) is 13.2 Å². The number of H-pyrrole nitrogens is 1. The zero-order valence-corrected chi connectivity index (χ0v) is 12.9. The molecule has 5 nitrogen and oxygen atoms in total. The predicted octanol–water partition coefficient (Wildman–Crippen LogP) is 4.09. The molecule has 24 heavy (non-hydrogen) atoms. The molecule has 0 spiro atoms. The molecular weight excluding hydrogens is 304 g/mol. The van der Waals surface area contributed by atoms with Crippen LogP contribution in [0.25, 0.3) is 33.1 Å². The number of fused-ring (bicyclic) bond motifs is 3. The standard InChI is InChI=1S/C19H14N2O3/c1-24-16-9-5-3-7-12(16)17-18-13(10-15(21-17)19(22)23)11-6-2-4-8-14(11)20-18/h2-10,20H,1H3,(H,22,23). The number of nitrogens with zero attached hydrogens (tertiary/aromatic N) is 1. The average molecular weight is 318 g/mol. The van der Waals surface area contributed by atoms with Crippen LogP contribution in [0.3, 0.4) is 0 Å². The smallest absolute Gasteiger partial charge is 0.354 e. The molecule has 2 N–H and O–H groups in total. The van der Waals surface area contributed by atoms with E-state index in [4.69, 9.17) is 4.74 Å². The van der Waals surface area contributed by atoms with Crippen LogP contribution in [0.1, 0.15) is 10.5 Å². The predicted molar refractivity (Wildman–Crippen MR) is 92.5 cm³/mol. The van der Waals surface area contributed by atoms with Crippen LogP contribution in [0.4, 0.5) is 0 Å². The molecule has 0 amide bonds. The Hall–Kier alpha value is -3.34. The Balaban J connectivity index is 2.15. The van der Waals surface area contributed by atoms with Gasteiger partial charge in [-0.05, 0) is 24.3 Å². The fourth-order valence-electron chi connectivity index (χ4n) is 2.99. The molecule has 118 valence electrons. The Kier molecular flexibility index (Phi) is 3.20. The van der Waals surface area contributed by atoms with Gasteiger partial charge in [-0.2, -0.15) is 0 Å². The van der Waals surface area contributed by atoms with Crippen molar-refractivity contribution in [2.24, 2.45) is 0 Å². The van der Waals surface area contributed by atoms with E-state index < -0.39 is 5.97 Å². The first-order valence-corrected chi connectivity index (χ1v) is 7.47. The highest BCUT2D eigenvalue weighted by molar-refractivity contribution is 6.12. The monoisotopic (exact) mass is 318 g/mol. The number of nitrogens with one attached hydrogen (secondary N) is 1. The third kappa shape index (κ3) is 2.10. The molecule has 2 aromatic heterocycles. The van der Waals surface area contributed by atoms with Crippen LogP contribution < -0.4 is 4.74 Å². The van der Waals surface area contributed by atoms with Crippen LogP contribution in [0.2, 0.25) is 0 Å². The zero-order valence-electron chi connectivity index (χ0n) is 12.9. The number of ether oxygens (including phenoxy) is 1. The number of carboxylic acids is 1. The van der Waals surface area contributed by atoms with Gasteiger partial charge >= 0.3 is 5.97 Å². The first-order chi connectivity index (χ1) is 11.7. The van der Waals surface area contributed by atoms with Gasteiger partial charge in [0, 0.05) is 21.9 Å². The molecule has 0 saturated heterocycles. The number of hydrogen-bond acceptors (Lipinski definition) is 3. The lowest BCUT2D eigenvalue weighted by atomic mass is 10.1. The highest BCUT2D eigenvalue weighted by Crippen LogP contribution is 2.36. The second-order valence-corrected chi connectivity index (χ2v) is 5.45. The summed E-state index contributed by atoms with van der Waals surface area (Å²) in [6, 6.07) is 16.8. The number of hydrogen-bond donors (Lipinski definition) is 2. The summed E-state index contributed by atoms with van der Waals surface area (Å²) in [7, 11) is 1.59. The molecular formula is C19H14N2O3. The van der Waals surface area contributed by atoms with Gasteiger partial charge in [-0.3, -0.25) is 0 Å². The molecule has 5 heteroatoms. The van der Waals surface area contributed by atoms with Crippen molar-refractivity contribution in [2.45, 2.75) is 0 Å². The van der Waals surface area contributed by atoms with Crippen LogP contribution in [0, 0.1) is 0 Å². The summed E-state index contributed by atoms with van der Waals surface area (Å²) in [5.74, 6) is -0.411. The van der Waals surface area contributed by atoms with E-state index in [0.717, 1.165) is 27.4 Å². The van der Waals surface area contributed by atoms with Gasteiger partial charge in [0.15, 0.2) is 0 Å². The molecule has 0 aliphatic heterocycles. The van der Waals surface area contributed by atoms with E-state index in [1.807, 2.05) is 48.5 Å². The molecule has 0 aliphatic carbocycles. The van der Waals surface area contributed by atoms with Crippen molar-refractivity contribution in [1.29, 1.82) is 0 Å². The van der Waals surface area contributed by atoms with E-state index in [2.05, 4.69) is 9.97 Å². The first-order valence-electron chi connectivity index (χ1n) is 7.47. The number of carboxylic acid groups (broad SMARTS) is 1. The van der Waals surface area contributed by atoms with Crippen molar-refractivity contribution in [2.75, 3.05) is 7.11 Å². The zero-order chi connectivity index (χ0) is 16.7. The van der Waals surface area contributed by atoms with Crippen molar-refractivity contribution >= 4 is 27.8 Å². The Morgan fingerprint density at radius 1 is 1.08 bits per heavy atom. The minimum atomic E-state index is -1.06. The number of rotatable bonds is 3. The van der Waals surface area contributed by atoms with Crippen molar-refractivity contribution in [1.82, 2.24) is 9.97 Å². The van der Waals surface area contributed by atoms with Gasteiger partial charge in [0.2, 0.25) is 0 Å². The molecule has 4 aromatic rings. The van der Waals surface area contributed by atoms with Crippen molar-refractivity contribution < 1.29 is 14.6 Å². The van der Waals surface area contributed by atoms with Gasteiger partial charge in [-0.1, -0.05) is 30.3 Å². The molecule has 0 fully saturated rings. The van der Waals surface area contributed by atoms with Crippen molar-refractivity contribution in [3.63, 3.8) is 0 Å². The summed E-state index contributed by atoms with van der Waals surface area (Å²) in [6.07, 6.45) is 0. The largest absolute Gasteiger partial charge is 0.496 e. The highest BCUT2D eigenvalue weighted by atomic mass is 16.5. The molecule has 0 bridgehead atoms. The number of aromatic nitrogens is 2. The number of benzene rings is 2. The number of aromatic carboxylic acids is 1. The third-order valence-electron chi connectivity index (χ3n) is 4.08. The minimum absolute atomic E-state index is 0.00755. The molecule has 4 rings (SSSR count). The Bertz CT molecular complexity index is 1080. The molecule has 0 saturated carbocycles. The normalized spacial score (nSPS) is 11.0. The second-order valence-electron chi connectivity index (χ2n) is 5.45. The maximum atomic E-state index is 11.5. The van der Waals surface area contributed by atoms with E-state index in [-0.39, 0.29) is 5.69 Å². The van der Waals surface area contributed by atoms with Crippen LogP contribution >= 0.6 is 0 Å². The number of aromatic amines is 1. The Morgan fingerprint density at radius 3 is 2.62 bits per heavy atom. The van der Waals surface area contributed by atoms with Crippen LogP contribution in [0.15, 0.2) is 54.6 Å². The quantitative estimate of drug-likeness (QED) is 0.596. The molecule has 2 aromatic carbocycles. The van der Waals surface area contributed by atoms with Crippen LogP contribution in [-0.2, 0) is 0 Å².